The first kappa shape index (κ1) is 16.3. The highest BCUT2D eigenvalue weighted by Crippen LogP contribution is 2.13. The Kier molecular flexibility index (Phi) is 5.61. The zero-order chi connectivity index (χ0) is 15.3. The Hall–Kier alpha value is -1.11. The van der Waals surface area contributed by atoms with E-state index in [0.717, 1.165) is 0 Å². The maximum atomic E-state index is 12.0. The highest BCUT2D eigenvalue weighted by atomic mass is 35.5. The molecule has 1 aliphatic heterocycles. The predicted molar refractivity (Wildman–Crippen MR) is 81.0 cm³/mol. The summed E-state index contributed by atoms with van der Waals surface area (Å²) in [5.41, 5.74) is 0.679. The molecular weight excluding hydrogens is 314 g/mol. The van der Waals surface area contributed by atoms with E-state index in [9.17, 15) is 13.2 Å². The third-order valence-corrected chi connectivity index (χ3v) is 5.14. The zero-order valence-corrected chi connectivity index (χ0v) is 13.2. The molecule has 5 nitrogen and oxygen atoms in total. The van der Waals surface area contributed by atoms with Gasteiger partial charge in [0.2, 0.25) is 5.91 Å². The summed E-state index contributed by atoms with van der Waals surface area (Å²) in [4.78, 5) is 13.6. The Bertz CT molecular complexity index is 579. The molecule has 0 bridgehead atoms. The highest BCUT2D eigenvalue weighted by molar-refractivity contribution is 7.90. The molecule has 0 N–H and O–H groups in total. The summed E-state index contributed by atoms with van der Waals surface area (Å²) in [6.45, 7) is 2.11. The first-order valence-electron chi connectivity index (χ1n) is 6.77. The molecule has 0 saturated carbocycles. The quantitative estimate of drug-likeness (QED) is 0.820. The van der Waals surface area contributed by atoms with Gasteiger partial charge in [0.05, 0.1) is 24.7 Å². The summed E-state index contributed by atoms with van der Waals surface area (Å²) >= 11 is 5.76. The van der Waals surface area contributed by atoms with Crippen LogP contribution in [0.1, 0.15) is 12.0 Å². The average Bonchev–Trinajstić information content (AvgIpc) is 2.48. The molecular formula is C14H18ClNO4S. The molecule has 0 aliphatic carbocycles. The maximum Gasteiger partial charge on any atom is 0.223 e. The minimum absolute atomic E-state index is 0.0237. The van der Waals surface area contributed by atoms with Crippen molar-refractivity contribution in [3.63, 3.8) is 0 Å². The Morgan fingerprint density at radius 1 is 1.19 bits per heavy atom. The second-order valence-corrected chi connectivity index (χ2v) is 7.58. The largest absolute Gasteiger partial charge is 0.378 e. The van der Waals surface area contributed by atoms with Crippen molar-refractivity contribution in [1.82, 2.24) is 4.90 Å². The fraction of sp³-hybridized carbons (Fsp3) is 0.500. The third kappa shape index (κ3) is 5.30. The van der Waals surface area contributed by atoms with Crippen molar-refractivity contribution in [3.05, 3.63) is 34.9 Å². The van der Waals surface area contributed by atoms with Gasteiger partial charge in [-0.1, -0.05) is 23.7 Å². The molecule has 1 amide bonds. The van der Waals surface area contributed by atoms with Gasteiger partial charge < -0.3 is 9.64 Å². The monoisotopic (exact) mass is 331 g/mol. The van der Waals surface area contributed by atoms with E-state index in [4.69, 9.17) is 16.3 Å². The summed E-state index contributed by atoms with van der Waals surface area (Å²) in [5, 5.41) is 0.568. The summed E-state index contributed by atoms with van der Waals surface area (Å²) in [7, 11) is -3.30. The summed E-state index contributed by atoms with van der Waals surface area (Å²) in [6, 6.07) is 6.68. The molecule has 1 aliphatic rings. The van der Waals surface area contributed by atoms with Gasteiger partial charge in [-0.15, -0.1) is 0 Å². The lowest BCUT2D eigenvalue weighted by Gasteiger charge is -2.26. The molecule has 7 heteroatoms. The van der Waals surface area contributed by atoms with Crippen LogP contribution in [-0.2, 0) is 25.1 Å². The number of ether oxygens (including phenoxy) is 1. The number of carbonyl (C=O) groups excluding carboxylic acids is 1. The van der Waals surface area contributed by atoms with Crippen LogP contribution in [0.25, 0.3) is 0 Å². The van der Waals surface area contributed by atoms with Crippen molar-refractivity contribution < 1.29 is 17.9 Å². The number of nitrogens with zero attached hydrogens (tertiary/aromatic N) is 1. The summed E-state index contributed by atoms with van der Waals surface area (Å²) in [5.74, 6) is -0.329. The fourth-order valence-electron chi connectivity index (χ4n) is 2.12. The first-order chi connectivity index (χ1) is 9.96. The minimum atomic E-state index is -3.30. The number of hydrogen-bond acceptors (Lipinski definition) is 4. The minimum Gasteiger partial charge on any atom is -0.378 e. The van der Waals surface area contributed by atoms with Crippen molar-refractivity contribution in [2.75, 3.05) is 32.1 Å². The van der Waals surface area contributed by atoms with Crippen molar-refractivity contribution >= 4 is 27.3 Å². The van der Waals surface area contributed by atoms with E-state index in [1.807, 2.05) is 0 Å². The maximum absolute atomic E-state index is 12.0. The van der Waals surface area contributed by atoms with E-state index < -0.39 is 9.84 Å². The molecule has 2 rings (SSSR count). The SMILES string of the molecule is O=C(CCS(=O)(=O)Cc1ccc(Cl)cc1)N1CCOCC1. The molecule has 1 saturated heterocycles. The fourth-order valence-corrected chi connectivity index (χ4v) is 3.58. The van der Waals surface area contributed by atoms with Crippen LogP contribution in [-0.4, -0.2) is 51.3 Å². The smallest absolute Gasteiger partial charge is 0.223 e. The normalized spacial score (nSPS) is 16.0. The van der Waals surface area contributed by atoms with Gasteiger partial charge in [-0.05, 0) is 17.7 Å². The molecule has 1 fully saturated rings. The third-order valence-electron chi connectivity index (χ3n) is 3.29. The lowest BCUT2D eigenvalue weighted by molar-refractivity contribution is -0.134. The van der Waals surface area contributed by atoms with Crippen LogP contribution in [0, 0.1) is 0 Å². The number of carbonyl (C=O) groups is 1. The van der Waals surface area contributed by atoms with Gasteiger partial charge in [-0.25, -0.2) is 8.42 Å². The number of morpholine rings is 1. The number of halogens is 1. The number of amides is 1. The molecule has 1 aromatic carbocycles. The van der Waals surface area contributed by atoms with E-state index in [2.05, 4.69) is 0 Å². The Labute approximate surface area is 129 Å². The lowest BCUT2D eigenvalue weighted by atomic mass is 10.2. The van der Waals surface area contributed by atoms with Gasteiger partial charge in [-0.2, -0.15) is 0 Å². The molecule has 1 aromatic rings. The van der Waals surface area contributed by atoms with E-state index in [1.54, 1.807) is 29.2 Å². The number of sulfone groups is 1. The average molecular weight is 332 g/mol. The van der Waals surface area contributed by atoms with Crippen LogP contribution in [0.5, 0.6) is 0 Å². The van der Waals surface area contributed by atoms with Crippen LogP contribution >= 0.6 is 11.6 Å². The second kappa shape index (κ2) is 7.24. The molecule has 0 spiro atoms. The number of hydrogen-bond donors (Lipinski definition) is 0. The van der Waals surface area contributed by atoms with Crippen LogP contribution in [0.2, 0.25) is 5.02 Å². The van der Waals surface area contributed by atoms with Gasteiger partial charge in [0.1, 0.15) is 0 Å². The molecule has 21 heavy (non-hydrogen) atoms. The standard InChI is InChI=1S/C14H18ClNO4S/c15-13-3-1-12(2-4-13)11-21(18,19)10-5-14(17)16-6-8-20-9-7-16/h1-4H,5-11H2. The first-order valence-corrected chi connectivity index (χ1v) is 8.97. The summed E-state index contributed by atoms with van der Waals surface area (Å²) in [6.07, 6.45) is 0.0237. The molecule has 0 radical (unpaired) electrons. The van der Waals surface area contributed by atoms with E-state index >= 15 is 0 Å². The van der Waals surface area contributed by atoms with Crippen LogP contribution < -0.4 is 0 Å². The molecule has 0 aromatic heterocycles. The summed E-state index contributed by atoms with van der Waals surface area (Å²) < 4.78 is 29.2. The second-order valence-electron chi connectivity index (χ2n) is 4.96. The van der Waals surface area contributed by atoms with Gasteiger partial charge in [0.25, 0.3) is 0 Å². The molecule has 0 unspecified atom stereocenters. The van der Waals surface area contributed by atoms with Crippen molar-refractivity contribution in [2.24, 2.45) is 0 Å². The Morgan fingerprint density at radius 3 is 2.43 bits per heavy atom. The van der Waals surface area contributed by atoms with Crippen molar-refractivity contribution in [3.8, 4) is 0 Å². The van der Waals surface area contributed by atoms with Crippen LogP contribution in [0.4, 0.5) is 0 Å². The van der Waals surface area contributed by atoms with Crippen molar-refractivity contribution in [2.45, 2.75) is 12.2 Å². The van der Waals surface area contributed by atoms with E-state index in [-0.39, 0.29) is 23.8 Å². The van der Waals surface area contributed by atoms with Gasteiger partial charge in [0, 0.05) is 24.5 Å². The molecule has 0 atom stereocenters. The lowest BCUT2D eigenvalue weighted by Crippen LogP contribution is -2.41. The Morgan fingerprint density at radius 2 is 1.81 bits per heavy atom. The van der Waals surface area contributed by atoms with Crippen molar-refractivity contribution in [1.29, 1.82) is 0 Å². The topological polar surface area (TPSA) is 63.7 Å². The van der Waals surface area contributed by atoms with Gasteiger partial charge >= 0.3 is 0 Å². The van der Waals surface area contributed by atoms with E-state index in [0.29, 0.717) is 36.9 Å². The van der Waals surface area contributed by atoms with Gasteiger partial charge in [-0.3, -0.25) is 4.79 Å². The molecule has 116 valence electrons. The van der Waals surface area contributed by atoms with Crippen LogP contribution in [0.15, 0.2) is 24.3 Å². The highest BCUT2D eigenvalue weighted by Gasteiger charge is 2.20. The molecule has 1 heterocycles. The van der Waals surface area contributed by atoms with Gasteiger partial charge in [0.15, 0.2) is 9.84 Å². The predicted octanol–water partition coefficient (Wildman–Crippen LogP) is 1.50. The van der Waals surface area contributed by atoms with E-state index in [1.165, 1.54) is 0 Å². The number of rotatable bonds is 5. The van der Waals surface area contributed by atoms with Crippen LogP contribution in [0.3, 0.4) is 0 Å². The Balaban J connectivity index is 1.85. The zero-order valence-electron chi connectivity index (χ0n) is 11.6. The number of benzene rings is 1.